The Labute approximate surface area is 146 Å². The van der Waals surface area contributed by atoms with Crippen LogP contribution in [0.1, 0.15) is 30.7 Å². The van der Waals surface area contributed by atoms with Crippen LogP contribution < -0.4 is 5.32 Å². The molecule has 6 heteroatoms. The van der Waals surface area contributed by atoms with Crippen LogP contribution in [-0.4, -0.2) is 39.9 Å². The SMILES string of the molecule is O=C1CCC(N2CCc3nc(-c4ccc(Cl)cc4)[nH]c3C2)CCN1. The van der Waals surface area contributed by atoms with Crippen LogP contribution in [0, 0.1) is 0 Å². The highest BCUT2D eigenvalue weighted by Gasteiger charge is 2.27. The lowest BCUT2D eigenvalue weighted by molar-refractivity contribution is -0.120. The predicted octanol–water partition coefficient (Wildman–Crippen LogP) is 2.76. The van der Waals surface area contributed by atoms with Gasteiger partial charge in [0.15, 0.2) is 0 Å². The van der Waals surface area contributed by atoms with E-state index in [4.69, 9.17) is 16.6 Å². The van der Waals surface area contributed by atoms with Crippen molar-refractivity contribution in [2.24, 2.45) is 0 Å². The first kappa shape index (κ1) is 15.7. The molecule has 24 heavy (non-hydrogen) atoms. The molecule has 1 fully saturated rings. The van der Waals surface area contributed by atoms with Gasteiger partial charge in [-0.1, -0.05) is 11.6 Å². The summed E-state index contributed by atoms with van der Waals surface area (Å²) in [6, 6.07) is 8.24. The molecule has 2 aliphatic rings. The van der Waals surface area contributed by atoms with Crippen molar-refractivity contribution in [1.82, 2.24) is 20.2 Å². The summed E-state index contributed by atoms with van der Waals surface area (Å²) in [4.78, 5) is 22.3. The van der Waals surface area contributed by atoms with Crippen molar-refractivity contribution >= 4 is 17.5 Å². The number of aromatic amines is 1. The smallest absolute Gasteiger partial charge is 0.220 e. The van der Waals surface area contributed by atoms with Crippen molar-refractivity contribution in [1.29, 1.82) is 0 Å². The van der Waals surface area contributed by atoms with Crippen LogP contribution in [0.25, 0.3) is 11.4 Å². The van der Waals surface area contributed by atoms with E-state index in [9.17, 15) is 4.79 Å². The van der Waals surface area contributed by atoms with Gasteiger partial charge >= 0.3 is 0 Å². The van der Waals surface area contributed by atoms with Gasteiger partial charge in [-0.05, 0) is 37.1 Å². The number of nitrogens with zero attached hydrogens (tertiary/aromatic N) is 2. The summed E-state index contributed by atoms with van der Waals surface area (Å²) in [5, 5.41) is 3.70. The molecule has 0 saturated carbocycles. The van der Waals surface area contributed by atoms with E-state index in [0.29, 0.717) is 12.5 Å². The summed E-state index contributed by atoms with van der Waals surface area (Å²) in [5.41, 5.74) is 3.43. The lowest BCUT2D eigenvalue weighted by Crippen LogP contribution is -2.39. The second-order valence-corrected chi connectivity index (χ2v) is 7.01. The number of carbonyl (C=O) groups excluding carboxylic acids is 1. The first-order valence-electron chi connectivity index (χ1n) is 8.53. The number of imidazole rings is 1. The average Bonchev–Trinajstić information content (AvgIpc) is 2.89. The first-order valence-corrected chi connectivity index (χ1v) is 8.91. The van der Waals surface area contributed by atoms with Gasteiger partial charge in [-0.25, -0.2) is 4.98 Å². The zero-order valence-electron chi connectivity index (χ0n) is 13.5. The molecule has 0 aliphatic carbocycles. The number of nitrogens with one attached hydrogen (secondary N) is 2. The van der Waals surface area contributed by atoms with E-state index in [0.717, 1.165) is 55.3 Å². The van der Waals surface area contributed by atoms with Crippen LogP contribution in [0.4, 0.5) is 0 Å². The maximum absolute atomic E-state index is 11.5. The standard InChI is InChI=1S/C18H21ClN4O/c19-13-3-1-12(2-4-13)18-21-15-8-10-23(11-16(15)22-18)14-5-6-17(24)20-9-7-14/h1-4,14H,5-11H2,(H,20,24)(H,21,22). The Bertz CT molecular complexity index is 740. The van der Waals surface area contributed by atoms with Gasteiger partial charge in [-0.3, -0.25) is 9.69 Å². The van der Waals surface area contributed by atoms with Crippen LogP contribution >= 0.6 is 11.6 Å². The van der Waals surface area contributed by atoms with Crippen LogP contribution in [0.5, 0.6) is 0 Å². The van der Waals surface area contributed by atoms with Crippen molar-refractivity contribution in [2.75, 3.05) is 13.1 Å². The fraction of sp³-hybridized carbons (Fsp3) is 0.444. The molecule has 5 nitrogen and oxygen atoms in total. The fourth-order valence-corrected chi connectivity index (χ4v) is 3.77. The molecule has 3 heterocycles. The molecule has 1 unspecified atom stereocenters. The summed E-state index contributed by atoms with van der Waals surface area (Å²) in [6.07, 6.45) is 3.56. The molecule has 0 spiro atoms. The Kier molecular flexibility index (Phi) is 4.29. The van der Waals surface area contributed by atoms with Gasteiger partial charge in [0.25, 0.3) is 0 Å². The van der Waals surface area contributed by atoms with Gasteiger partial charge in [-0.2, -0.15) is 0 Å². The third-order valence-corrected chi connectivity index (χ3v) is 5.25. The van der Waals surface area contributed by atoms with Crippen molar-refractivity contribution < 1.29 is 4.79 Å². The summed E-state index contributed by atoms with van der Waals surface area (Å²) in [5.74, 6) is 1.10. The van der Waals surface area contributed by atoms with E-state index < -0.39 is 0 Å². The van der Waals surface area contributed by atoms with Crippen molar-refractivity contribution in [3.8, 4) is 11.4 Å². The van der Waals surface area contributed by atoms with Crippen molar-refractivity contribution in [3.63, 3.8) is 0 Å². The monoisotopic (exact) mass is 344 g/mol. The quantitative estimate of drug-likeness (QED) is 0.880. The van der Waals surface area contributed by atoms with E-state index in [2.05, 4.69) is 15.2 Å². The zero-order valence-corrected chi connectivity index (χ0v) is 14.3. The van der Waals surface area contributed by atoms with Crippen LogP contribution in [-0.2, 0) is 17.8 Å². The van der Waals surface area contributed by atoms with Gasteiger partial charge in [0.05, 0.1) is 11.4 Å². The molecule has 0 radical (unpaired) electrons. The maximum atomic E-state index is 11.5. The van der Waals surface area contributed by atoms with E-state index in [1.807, 2.05) is 24.3 Å². The van der Waals surface area contributed by atoms with Crippen LogP contribution in [0.3, 0.4) is 0 Å². The Morgan fingerprint density at radius 3 is 2.83 bits per heavy atom. The molecule has 1 amide bonds. The highest BCUT2D eigenvalue weighted by molar-refractivity contribution is 6.30. The van der Waals surface area contributed by atoms with E-state index in [1.165, 1.54) is 11.4 Å². The molecule has 2 N–H and O–H groups in total. The third-order valence-electron chi connectivity index (χ3n) is 5.00. The Morgan fingerprint density at radius 1 is 1.17 bits per heavy atom. The molecule has 0 bridgehead atoms. The van der Waals surface area contributed by atoms with Gasteiger partial charge in [-0.15, -0.1) is 0 Å². The summed E-state index contributed by atoms with van der Waals surface area (Å²) >= 11 is 5.96. The predicted molar refractivity (Wildman–Crippen MR) is 93.8 cm³/mol. The number of aromatic nitrogens is 2. The lowest BCUT2D eigenvalue weighted by Gasteiger charge is -2.33. The number of carbonyl (C=O) groups is 1. The maximum Gasteiger partial charge on any atom is 0.220 e. The number of H-pyrrole nitrogens is 1. The summed E-state index contributed by atoms with van der Waals surface area (Å²) in [7, 11) is 0. The van der Waals surface area contributed by atoms with E-state index in [1.54, 1.807) is 0 Å². The lowest BCUT2D eigenvalue weighted by atomic mass is 10.0. The number of hydrogen-bond donors (Lipinski definition) is 2. The van der Waals surface area contributed by atoms with Gasteiger partial charge in [0, 0.05) is 49.1 Å². The van der Waals surface area contributed by atoms with Crippen molar-refractivity contribution in [3.05, 3.63) is 40.7 Å². The minimum absolute atomic E-state index is 0.182. The largest absolute Gasteiger partial charge is 0.356 e. The highest BCUT2D eigenvalue weighted by Crippen LogP contribution is 2.26. The first-order chi connectivity index (χ1) is 11.7. The fourth-order valence-electron chi connectivity index (χ4n) is 3.64. The number of halogens is 1. The Hall–Kier alpha value is -1.85. The normalized spacial score (nSPS) is 21.9. The summed E-state index contributed by atoms with van der Waals surface area (Å²) < 4.78 is 0. The van der Waals surface area contributed by atoms with E-state index in [-0.39, 0.29) is 5.91 Å². The summed E-state index contributed by atoms with van der Waals surface area (Å²) in [6.45, 7) is 2.68. The second-order valence-electron chi connectivity index (χ2n) is 6.57. The number of benzene rings is 1. The minimum atomic E-state index is 0.182. The second kappa shape index (κ2) is 6.57. The van der Waals surface area contributed by atoms with Gasteiger partial charge < -0.3 is 10.3 Å². The molecule has 1 saturated heterocycles. The van der Waals surface area contributed by atoms with Gasteiger partial charge in [0.2, 0.25) is 5.91 Å². The molecular formula is C18H21ClN4O. The molecule has 4 rings (SSSR count). The molecule has 1 atom stereocenters. The van der Waals surface area contributed by atoms with Gasteiger partial charge in [0.1, 0.15) is 5.82 Å². The average molecular weight is 345 g/mol. The molecule has 1 aromatic heterocycles. The van der Waals surface area contributed by atoms with Crippen LogP contribution in [0.15, 0.2) is 24.3 Å². The topological polar surface area (TPSA) is 61.0 Å². The Balaban J connectivity index is 1.51. The third kappa shape index (κ3) is 3.19. The number of hydrogen-bond acceptors (Lipinski definition) is 3. The van der Waals surface area contributed by atoms with Crippen LogP contribution in [0.2, 0.25) is 5.02 Å². The number of fused-ring (bicyclic) bond motifs is 1. The number of amides is 1. The molecule has 2 aromatic rings. The van der Waals surface area contributed by atoms with Crippen molar-refractivity contribution in [2.45, 2.75) is 38.3 Å². The van der Waals surface area contributed by atoms with E-state index >= 15 is 0 Å². The zero-order chi connectivity index (χ0) is 16.5. The molecule has 2 aliphatic heterocycles. The Morgan fingerprint density at radius 2 is 2.00 bits per heavy atom. The molecule has 1 aromatic carbocycles. The highest BCUT2D eigenvalue weighted by atomic mass is 35.5. The number of rotatable bonds is 2. The molecule has 126 valence electrons. The molecular weight excluding hydrogens is 324 g/mol. The minimum Gasteiger partial charge on any atom is -0.356 e.